The fraction of sp³-hybridized carbons (Fsp3) is 0.400. The fourth-order valence-corrected chi connectivity index (χ4v) is 5.32. The van der Waals surface area contributed by atoms with Gasteiger partial charge in [-0.3, -0.25) is 15.1 Å². The molecule has 0 radical (unpaired) electrons. The van der Waals surface area contributed by atoms with Crippen LogP contribution in [0.3, 0.4) is 0 Å². The predicted octanol–water partition coefficient (Wildman–Crippen LogP) is 6.97. The Balaban J connectivity index is 1.46. The Labute approximate surface area is 249 Å². The van der Waals surface area contributed by atoms with E-state index in [1.807, 2.05) is 37.3 Å². The van der Waals surface area contributed by atoms with Crippen LogP contribution >= 0.6 is 0 Å². The maximum atomic E-state index is 13.4. The molecule has 0 fully saturated rings. The lowest BCUT2D eigenvalue weighted by molar-refractivity contribution is 0.0922. The van der Waals surface area contributed by atoms with Gasteiger partial charge in [-0.1, -0.05) is 91.0 Å². The number of aromatic hydroxyl groups is 1. The van der Waals surface area contributed by atoms with Crippen molar-refractivity contribution in [3.8, 4) is 5.75 Å². The Kier molecular flexibility index (Phi) is 9.04. The number of anilines is 3. The van der Waals surface area contributed by atoms with Crippen molar-refractivity contribution in [2.75, 3.05) is 23.1 Å². The summed E-state index contributed by atoms with van der Waals surface area (Å²) in [6.07, 6.45) is 4.67. The van der Waals surface area contributed by atoms with Crippen LogP contribution in [0.4, 0.5) is 17.1 Å². The van der Waals surface area contributed by atoms with Crippen LogP contribution in [-0.4, -0.2) is 28.6 Å². The molecule has 0 spiro atoms. The van der Waals surface area contributed by atoms with Gasteiger partial charge in [0.2, 0.25) is 0 Å². The number of Topliss-reactive ketones (excluding diaryl/α,β-unsaturated/α-hetero) is 1. The van der Waals surface area contributed by atoms with Crippen molar-refractivity contribution >= 4 is 28.9 Å². The van der Waals surface area contributed by atoms with E-state index in [0.29, 0.717) is 35.6 Å². The molecule has 7 nitrogen and oxygen atoms in total. The molecule has 1 heterocycles. The summed E-state index contributed by atoms with van der Waals surface area (Å²) in [7, 11) is 0. The Morgan fingerprint density at radius 3 is 2.33 bits per heavy atom. The van der Waals surface area contributed by atoms with Crippen LogP contribution in [0.25, 0.3) is 6.08 Å². The first-order valence-corrected chi connectivity index (χ1v) is 14.6. The number of nitrogens with two attached hydrogens (primary N) is 1. The summed E-state index contributed by atoms with van der Waals surface area (Å²) in [6, 6.07) is 14.8. The van der Waals surface area contributed by atoms with Crippen LogP contribution in [0, 0.1) is 5.92 Å². The van der Waals surface area contributed by atoms with Gasteiger partial charge in [-0.05, 0) is 63.3 Å². The first kappa shape index (κ1) is 31.1. The molecule has 2 unspecified atom stereocenters. The van der Waals surface area contributed by atoms with E-state index >= 15 is 0 Å². The summed E-state index contributed by atoms with van der Waals surface area (Å²) in [4.78, 5) is 19.4. The highest BCUT2D eigenvalue weighted by atomic mass is 16.6. The van der Waals surface area contributed by atoms with Crippen LogP contribution < -0.4 is 16.5 Å². The number of nitrogen functional groups attached to an aromatic ring is 1. The third-order valence-corrected chi connectivity index (χ3v) is 7.87. The van der Waals surface area contributed by atoms with Gasteiger partial charge in [0.25, 0.3) is 0 Å². The molecule has 1 aliphatic rings. The number of ketones is 1. The number of fused-ring (bicyclic) bond motifs is 1. The zero-order valence-corrected chi connectivity index (χ0v) is 25.8. The summed E-state index contributed by atoms with van der Waals surface area (Å²) >= 11 is 0. The normalized spacial score (nSPS) is 15.6. The van der Waals surface area contributed by atoms with Crippen LogP contribution in [0.15, 0.2) is 54.6 Å². The van der Waals surface area contributed by atoms with Gasteiger partial charge in [-0.25, -0.2) is 0 Å². The lowest BCUT2D eigenvalue weighted by Crippen LogP contribution is -2.33. The Morgan fingerprint density at radius 2 is 1.71 bits per heavy atom. The number of rotatable bonds is 9. The molecule has 0 amide bonds. The minimum atomic E-state index is -0.404. The molecule has 0 aliphatic carbocycles. The van der Waals surface area contributed by atoms with Gasteiger partial charge in [0.15, 0.2) is 5.78 Å². The summed E-state index contributed by atoms with van der Waals surface area (Å²) in [5.41, 5.74) is 15.8. The second-order valence-electron chi connectivity index (χ2n) is 13.3. The number of nitrogens with one attached hydrogen (secondary N) is 2. The molecule has 6 N–H and O–H groups in total. The molecule has 4 rings (SSSR count). The van der Waals surface area contributed by atoms with Crippen molar-refractivity contribution in [3.05, 3.63) is 88.0 Å². The average molecular weight is 572 g/mol. The van der Waals surface area contributed by atoms with E-state index < -0.39 is 5.92 Å². The van der Waals surface area contributed by atoms with E-state index in [2.05, 4.69) is 64.5 Å². The van der Waals surface area contributed by atoms with E-state index in [1.165, 1.54) is 0 Å². The Morgan fingerprint density at radius 1 is 1.05 bits per heavy atom. The van der Waals surface area contributed by atoms with Crippen molar-refractivity contribution in [1.29, 1.82) is 0 Å². The maximum absolute atomic E-state index is 13.4. The maximum Gasteiger partial charge on any atom is 0.168 e. The SMILES string of the molecule is CC(C(=O)c1cc(N)ccc1CO)C1C=Cc2cccc(NOCCc3cc(C(C)(C)C)c(O)c(C(C)(C)C)c3)c2N1. The zero-order chi connectivity index (χ0) is 30.8. The summed E-state index contributed by atoms with van der Waals surface area (Å²) in [6.45, 7) is 14.7. The number of carbonyl (C=O) groups is 1. The number of hydrogen-bond donors (Lipinski definition) is 5. The number of aliphatic hydroxyl groups excluding tert-OH is 1. The summed E-state index contributed by atoms with van der Waals surface area (Å²) < 4.78 is 0. The Bertz CT molecular complexity index is 1450. The van der Waals surface area contributed by atoms with Crippen LogP contribution in [0.1, 0.15) is 86.6 Å². The molecule has 0 bridgehead atoms. The monoisotopic (exact) mass is 571 g/mol. The summed E-state index contributed by atoms with van der Waals surface area (Å²) in [5, 5.41) is 24.3. The number of carbonyl (C=O) groups excluding carboxylic acids is 1. The van der Waals surface area contributed by atoms with Gasteiger partial charge in [0, 0.05) is 17.2 Å². The van der Waals surface area contributed by atoms with E-state index in [9.17, 15) is 15.0 Å². The van der Waals surface area contributed by atoms with Crippen molar-refractivity contribution in [2.45, 2.75) is 78.4 Å². The Hall–Kier alpha value is -3.81. The number of para-hydroxylation sites is 1. The highest BCUT2D eigenvalue weighted by molar-refractivity contribution is 6.01. The number of aliphatic hydroxyl groups is 1. The topological polar surface area (TPSA) is 117 Å². The van der Waals surface area contributed by atoms with Crippen molar-refractivity contribution in [3.63, 3.8) is 0 Å². The third kappa shape index (κ3) is 6.80. The summed E-state index contributed by atoms with van der Waals surface area (Å²) in [5.74, 6) is -0.116. The lowest BCUT2D eigenvalue weighted by Gasteiger charge is -2.29. The molecule has 0 saturated carbocycles. The minimum Gasteiger partial charge on any atom is -0.507 e. The fourth-order valence-electron chi connectivity index (χ4n) is 5.32. The standard InChI is InChI=1S/C35H45N3O4/c1-21(32(40)26-19-25(36)13-11-24(26)20-39)29-14-12-23-9-8-10-30(31(23)37-29)38-42-16-15-22-17-27(34(2,3)4)33(41)28(18-22)35(5,6)7/h8-14,17-19,21,29,37-39,41H,15-16,20,36H2,1-7H3. The van der Waals surface area contributed by atoms with Crippen molar-refractivity contribution < 1.29 is 19.8 Å². The number of phenolic OH excluding ortho intramolecular Hbond substituents is 1. The molecular formula is C35H45N3O4. The zero-order valence-electron chi connectivity index (χ0n) is 25.8. The van der Waals surface area contributed by atoms with Crippen molar-refractivity contribution in [2.24, 2.45) is 5.92 Å². The number of benzene rings is 3. The molecule has 2 atom stereocenters. The second kappa shape index (κ2) is 12.2. The van der Waals surface area contributed by atoms with Crippen LogP contribution in [0.2, 0.25) is 0 Å². The molecule has 3 aromatic rings. The lowest BCUT2D eigenvalue weighted by atomic mass is 9.78. The van der Waals surface area contributed by atoms with E-state index in [1.54, 1.807) is 18.2 Å². The van der Waals surface area contributed by atoms with Gasteiger partial charge in [-0.2, -0.15) is 0 Å². The number of hydrogen-bond acceptors (Lipinski definition) is 7. The van der Waals surface area contributed by atoms with Crippen LogP contribution in [-0.2, 0) is 28.7 Å². The molecule has 42 heavy (non-hydrogen) atoms. The first-order valence-electron chi connectivity index (χ1n) is 14.6. The molecule has 1 aliphatic heterocycles. The largest absolute Gasteiger partial charge is 0.507 e. The highest BCUT2D eigenvalue weighted by Crippen LogP contribution is 2.40. The average Bonchev–Trinajstić information content (AvgIpc) is 2.93. The van der Waals surface area contributed by atoms with Gasteiger partial charge in [0.05, 0.1) is 30.6 Å². The molecule has 0 saturated heterocycles. The quantitative estimate of drug-likeness (QED) is 0.0815. The second-order valence-corrected chi connectivity index (χ2v) is 13.3. The van der Waals surface area contributed by atoms with E-state index in [-0.39, 0.29) is 29.3 Å². The minimum absolute atomic E-state index is 0.0863. The van der Waals surface area contributed by atoms with E-state index in [0.717, 1.165) is 33.6 Å². The third-order valence-electron chi connectivity index (χ3n) is 7.87. The van der Waals surface area contributed by atoms with Gasteiger partial charge in [-0.15, -0.1) is 0 Å². The van der Waals surface area contributed by atoms with Crippen LogP contribution in [0.5, 0.6) is 5.75 Å². The molecule has 3 aromatic carbocycles. The van der Waals surface area contributed by atoms with E-state index in [4.69, 9.17) is 10.6 Å². The first-order chi connectivity index (χ1) is 19.7. The molecule has 7 heteroatoms. The van der Waals surface area contributed by atoms with Gasteiger partial charge < -0.3 is 21.3 Å². The predicted molar refractivity (Wildman–Crippen MR) is 172 cm³/mol. The van der Waals surface area contributed by atoms with Gasteiger partial charge >= 0.3 is 0 Å². The smallest absolute Gasteiger partial charge is 0.168 e. The van der Waals surface area contributed by atoms with Gasteiger partial charge in [0.1, 0.15) is 5.75 Å². The molecular weight excluding hydrogens is 526 g/mol. The molecule has 0 aromatic heterocycles. The highest BCUT2D eigenvalue weighted by Gasteiger charge is 2.29. The van der Waals surface area contributed by atoms with Crippen molar-refractivity contribution in [1.82, 2.24) is 0 Å². The number of phenols is 1. The molecule has 224 valence electrons.